The number of hydrogen-bond acceptors (Lipinski definition) is 4. The van der Waals surface area contributed by atoms with E-state index in [1.165, 1.54) is 0 Å². The average molecular weight is 382 g/mol. The van der Waals surface area contributed by atoms with Gasteiger partial charge in [-0.2, -0.15) is 0 Å². The van der Waals surface area contributed by atoms with Crippen molar-refractivity contribution in [2.45, 2.75) is 11.8 Å². The van der Waals surface area contributed by atoms with E-state index in [0.29, 0.717) is 36.0 Å². The number of amides is 1. The van der Waals surface area contributed by atoms with Crippen molar-refractivity contribution < 1.29 is 9.53 Å². The minimum Gasteiger partial charge on any atom is -0.493 e. The lowest BCUT2D eigenvalue weighted by Crippen LogP contribution is -2.50. The van der Waals surface area contributed by atoms with Gasteiger partial charge in [-0.25, -0.2) is 0 Å². The van der Waals surface area contributed by atoms with E-state index >= 15 is 0 Å². The molecule has 0 saturated heterocycles. The summed E-state index contributed by atoms with van der Waals surface area (Å²) >= 11 is 6.23. The zero-order valence-electron chi connectivity index (χ0n) is 15.0. The predicted octanol–water partition coefficient (Wildman–Crippen LogP) is 3.77. The van der Waals surface area contributed by atoms with Crippen LogP contribution < -0.4 is 15.4 Å². The van der Waals surface area contributed by atoms with Crippen molar-refractivity contribution in [3.05, 3.63) is 65.4 Å². The monoisotopic (exact) mass is 381 g/mol. The smallest absolute Gasteiger partial charge is 0.236 e. The number of nitrogens with zero attached hydrogens (tertiary/aromatic N) is 1. The van der Waals surface area contributed by atoms with Gasteiger partial charge in [-0.05, 0) is 25.2 Å². The summed E-state index contributed by atoms with van der Waals surface area (Å²) in [4.78, 5) is 17.8. The van der Waals surface area contributed by atoms with Crippen LogP contribution >= 0.6 is 11.6 Å². The number of nitrogens with one attached hydrogen (secondary N) is 2. The zero-order chi connectivity index (χ0) is 18.9. The van der Waals surface area contributed by atoms with E-state index in [0.717, 1.165) is 16.3 Å². The van der Waals surface area contributed by atoms with Crippen LogP contribution in [0.25, 0.3) is 10.8 Å². The number of likely N-dealkylation sites (N-methyl/N-ethyl adjacent to an activating group) is 1. The van der Waals surface area contributed by atoms with Crippen LogP contribution in [0.2, 0.25) is 5.02 Å². The third-order valence-electron chi connectivity index (χ3n) is 5.07. The molecule has 4 rings (SSSR count). The highest BCUT2D eigenvalue weighted by Gasteiger charge is 2.44. The van der Waals surface area contributed by atoms with Crippen molar-refractivity contribution in [2.75, 3.05) is 25.5 Å². The molecule has 138 valence electrons. The number of ether oxygens (including phenoxy) is 1. The lowest BCUT2D eigenvalue weighted by molar-refractivity contribution is -0.122. The van der Waals surface area contributed by atoms with Crippen LogP contribution in [-0.4, -0.2) is 31.1 Å². The molecule has 0 aliphatic carbocycles. The summed E-state index contributed by atoms with van der Waals surface area (Å²) in [6.45, 7) is 0.950. The molecule has 0 bridgehead atoms. The fourth-order valence-corrected chi connectivity index (χ4v) is 3.90. The molecule has 1 aromatic heterocycles. The van der Waals surface area contributed by atoms with Crippen LogP contribution in [0.5, 0.6) is 5.75 Å². The second-order valence-electron chi connectivity index (χ2n) is 6.71. The Morgan fingerprint density at radius 3 is 2.96 bits per heavy atom. The van der Waals surface area contributed by atoms with E-state index in [1.54, 1.807) is 18.5 Å². The SMILES string of the molecule is CNCC1(C(=O)Nc2cncc3ccccc23)CCOc2ccc(Cl)cc21. The molecule has 1 unspecified atom stereocenters. The molecule has 1 aliphatic heterocycles. The molecule has 1 amide bonds. The number of fused-ring (bicyclic) bond motifs is 2. The highest BCUT2D eigenvalue weighted by molar-refractivity contribution is 6.30. The van der Waals surface area contributed by atoms with Gasteiger partial charge in [-0.15, -0.1) is 0 Å². The van der Waals surface area contributed by atoms with Gasteiger partial charge in [0.05, 0.1) is 23.9 Å². The van der Waals surface area contributed by atoms with Crippen molar-refractivity contribution in [1.29, 1.82) is 0 Å². The fraction of sp³-hybridized carbons (Fsp3) is 0.238. The Morgan fingerprint density at radius 2 is 2.11 bits per heavy atom. The van der Waals surface area contributed by atoms with E-state index in [1.807, 2.05) is 43.4 Å². The molecule has 5 nitrogen and oxygen atoms in total. The topological polar surface area (TPSA) is 63.2 Å². The lowest BCUT2D eigenvalue weighted by Gasteiger charge is -2.37. The Balaban J connectivity index is 1.77. The first kappa shape index (κ1) is 17.8. The number of hydrogen-bond donors (Lipinski definition) is 2. The van der Waals surface area contributed by atoms with Crippen molar-refractivity contribution in [2.24, 2.45) is 0 Å². The van der Waals surface area contributed by atoms with Gasteiger partial charge < -0.3 is 15.4 Å². The first-order chi connectivity index (χ1) is 13.1. The summed E-state index contributed by atoms with van der Waals surface area (Å²) in [6.07, 6.45) is 4.04. The molecule has 0 radical (unpaired) electrons. The molecule has 3 aromatic rings. The quantitative estimate of drug-likeness (QED) is 0.722. The van der Waals surface area contributed by atoms with Crippen molar-refractivity contribution in [1.82, 2.24) is 10.3 Å². The average Bonchev–Trinajstić information content (AvgIpc) is 2.69. The fourth-order valence-electron chi connectivity index (χ4n) is 3.73. The Morgan fingerprint density at radius 1 is 1.26 bits per heavy atom. The minimum absolute atomic E-state index is 0.0955. The van der Waals surface area contributed by atoms with E-state index in [4.69, 9.17) is 16.3 Å². The molecule has 2 N–H and O–H groups in total. The normalized spacial score (nSPS) is 18.6. The van der Waals surface area contributed by atoms with Gasteiger partial charge in [-0.3, -0.25) is 9.78 Å². The predicted molar refractivity (Wildman–Crippen MR) is 108 cm³/mol. The molecular formula is C21H20ClN3O2. The molecule has 1 atom stereocenters. The number of halogens is 1. The summed E-state index contributed by atoms with van der Waals surface area (Å²) in [5.74, 6) is 0.605. The van der Waals surface area contributed by atoms with E-state index < -0.39 is 5.41 Å². The maximum atomic E-state index is 13.5. The van der Waals surface area contributed by atoms with E-state index in [2.05, 4.69) is 15.6 Å². The summed E-state index contributed by atoms with van der Waals surface area (Å²) in [6, 6.07) is 13.3. The van der Waals surface area contributed by atoms with Crippen LogP contribution in [0.3, 0.4) is 0 Å². The second kappa shape index (κ2) is 7.18. The van der Waals surface area contributed by atoms with Crippen LogP contribution in [0, 0.1) is 0 Å². The van der Waals surface area contributed by atoms with Crippen LogP contribution in [0.15, 0.2) is 54.9 Å². The van der Waals surface area contributed by atoms with E-state index in [-0.39, 0.29) is 5.91 Å². The molecule has 2 heterocycles. The number of benzene rings is 2. The zero-order valence-corrected chi connectivity index (χ0v) is 15.7. The Hall–Kier alpha value is -2.63. The molecule has 27 heavy (non-hydrogen) atoms. The largest absolute Gasteiger partial charge is 0.493 e. The molecule has 1 aliphatic rings. The third kappa shape index (κ3) is 3.13. The van der Waals surface area contributed by atoms with Gasteiger partial charge >= 0.3 is 0 Å². The Kier molecular flexibility index (Phi) is 4.72. The molecule has 0 spiro atoms. The standard InChI is InChI=1S/C21H20ClN3O2/c1-23-13-21(8-9-27-19-7-6-15(22)10-17(19)21)20(26)25-18-12-24-11-14-4-2-3-5-16(14)18/h2-7,10-12,23H,8-9,13H2,1H3,(H,25,26). The number of aromatic nitrogens is 1. The van der Waals surface area contributed by atoms with Gasteiger partial charge in [0, 0.05) is 40.5 Å². The number of rotatable bonds is 4. The third-order valence-corrected chi connectivity index (χ3v) is 5.31. The van der Waals surface area contributed by atoms with Gasteiger partial charge in [0.1, 0.15) is 5.75 Å². The maximum absolute atomic E-state index is 13.5. The molecule has 0 saturated carbocycles. The van der Waals surface area contributed by atoms with Gasteiger partial charge in [-0.1, -0.05) is 35.9 Å². The van der Waals surface area contributed by atoms with Crippen LogP contribution in [0.4, 0.5) is 5.69 Å². The first-order valence-corrected chi connectivity index (χ1v) is 9.23. The highest BCUT2D eigenvalue weighted by atomic mass is 35.5. The number of carbonyl (C=O) groups excluding carboxylic acids is 1. The first-order valence-electron chi connectivity index (χ1n) is 8.86. The lowest BCUT2D eigenvalue weighted by atomic mass is 9.74. The van der Waals surface area contributed by atoms with Crippen LogP contribution in [-0.2, 0) is 10.2 Å². The number of carbonyl (C=O) groups is 1. The molecule has 2 aromatic carbocycles. The molecule has 6 heteroatoms. The van der Waals surface area contributed by atoms with E-state index in [9.17, 15) is 4.79 Å². The summed E-state index contributed by atoms with van der Waals surface area (Å²) in [7, 11) is 1.84. The van der Waals surface area contributed by atoms with Gasteiger partial charge in [0.25, 0.3) is 0 Å². The summed E-state index contributed by atoms with van der Waals surface area (Å²) in [5, 5.41) is 8.79. The molecule has 0 fully saturated rings. The highest BCUT2D eigenvalue weighted by Crippen LogP contribution is 2.41. The van der Waals surface area contributed by atoms with Crippen LogP contribution in [0.1, 0.15) is 12.0 Å². The summed E-state index contributed by atoms with van der Waals surface area (Å²) < 4.78 is 5.77. The Bertz CT molecular complexity index is 1000. The minimum atomic E-state index is -0.774. The van der Waals surface area contributed by atoms with Crippen molar-refractivity contribution in [3.63, 3.8) is 0 Å². The van der Waals surface area contributed by atoms with Gasteiger partial charge in [0.15, 0.2) is 0 Å². The van der Waals surface area contributed by atoms with Crippen molar-refractivity contribution >= 4 is 34.0 Å². The maximum Gasteiger partial charge on any atom is 0.236 e. The number of anilines is 1. The molecular weight excluding hydrogens is 362 g/mol. The van der Waals surface area contributed by atoms with Crippen molar-refractivity contribution in [3.8, 4) is 5.75 Å². The number of pyridine rings is 1. The summed E-state index contributed by atoms with van der Waals surface area (Å²) in [5.41, 5.74) is 0.731. The van der Waals surface area contributed by atoms with Gasteiger partial charge in [0.2, 0.25) is 5.91 Å². The second-order valence-corrected chi connectivity index (χ2v) is 7.15. The Labute approximate surface area is 162 Å².